The molecule has 0 aromatic carbocycles. The molecule has 6 N–H and O–H groups in total. The smallest absolute Gasteiger partial charge is 0.254 e. The predicted octanol–water partition coefficient (Wildman–Crippen LogP) is 1.86. The van der Waals surface area contributed by atoms with Gasteiger partial charge in [-0.05, 0) is 51.0 Å². The molecule has 2 aliphatic rings. The first kappa shape index (κ1) is 17.0. The average Bonchev–Trinajstić information content (AvgIpc) is 3.08. The highest BCUT2D eigenvalue weighted by Gasteiger charge is 2.23. The molecule has 0 aliphatic heterocycles. The number of rotatable bonds is 6. The van der Waals surface area contributed by atoms with Crippen LogP contribution in [0, 0.1) is 5.92 Å². The Bertz CT molecular complexity index is 564. The lowest BCUT2D eigenvalue weighted by atomic mass is 9.86. The van der Waals surface area contributed by atoms with Crippen molar-refractivity contribution in [1.29, 1.82) is 0 Å². The fourth-order valence-corrected chi connectivity index (χ4v) is 3.73. The molecule has 0 atom stereocenters. The zero-order valence-electron chi connectivity index (χ0n) is 14.1. The van der Waals surface area contributed by atoms with Crippen molar-refractivity contribution in [2.24, 2.45) is 17.4 Å². The first-order chi connectivity index (χ1) is 11.7. The van der Waals surface area contributed by atoms with E-state index in [1.54, 1.807) is 0 Å². The highest BCUT2D eigenvalue weighted by molar-refractivity contribution is 5.97. The van der Waals surface area contributed by atoms with Gasteiger partial charge in [0.1, 0.15) is 5.82 Å². The van der Waals surface area contributed by atoms with Gasteiger partial charge in [0.25, 0.3) is 5.91 Å². The molecule has 0 radical (unpaired) electrons. The van der Waals surface area contributed by atoms with E-state index < -0.39 is 5.91 Å². The molecule has 1 amide bonds. The maximum atomic E-state index is 11.7. The maximum absolute atomic E-state index is 11.7. The largest absolute Gasteiger partial charge is 0.367 e. The molecule has 0 saturated heterocycles. The van der Waals surface area contributed by atoms with Gasteiger partial charge < -0.3 is 22.1 Å². The third-order valence-electron chi connectivity index (χ3n) is 5.26. The van der Waals surface area contributed by atoms with Crippen LogP contribution in [0.25, 0.3) is 0 Å². The number of hydrogen-bond acceptors (Lipinski definition) is 6. The summed E-state index contributed by atoms with van der Waals surface area (Å²) in [7, 11) is 0. The van der Waals surface area contributed by atoms with E-state index in [2.05, 4.69) is 20.6 Å². The van der Waals surface area contributed by atoms with Gasteiger partial charge in [0.15, 0.2) is 0 Å². The number of nitrogens with zero attached hydrogens (tertiary/aromatic N) is 2. The van der Waals surface area contributed by atoms with Crippen LogP contribution in [0.2, 0.25) is 0 Å². The predicted molar refractivity (Wildman–Crippen MR) is 94.9 cm³/mol. The number of carbonyl (C=O) groups excluding carboxylic acids is 1. The van der Waals surface area contributed by atoms with Gasteiger partial charge in [0, 0.05) is 18.3 Å². The van der Waals surface area contributed by atoms with E-state index in [9.17, 15) is 4.79 Å². The molecule has 1 aromatic rings. The molecule has 2 fully saturated rings. The van der Waals surface area contributed by atoms with E-state index in [1.807, 2.05) is 0 Å². The molecule has 0 spiro atoms. The van der Waals surface area contributed by atoms with Gasteiger partial charge in [-0.15, -0.1) is 0 Å². The Morgan fingerprint density at radius 1 is 1.08 bits per heavy atom. The van der Waals surface area contributed by atoms with Crippen LogP contribution >= 0.6 is 0 Å². The minimum Gasteiger partial charge on any atom is -0.367 e. The van der Waals surface area contributed by atoms with Crippen molar-refractivity contribution in [3.63, 3.8) is 0 Å². The summed E-state index contributed by atoms with van der Waals surface area (Å²) >= 11 is 0. The molecule has 2 aliphatic carbocycles. The molecule has 1 aromatic heterocycles. The second-order valence-electron chi connectivity index (χ2n) is 7.04. The Kier molecular flexibility index (Phi) is 5.50. The quantitative estimate of drug-likeness (QED) is 0.631. The molecule has 1 heterocycles. The Hall–Kier alpha value is -1.89. The second-order valence-corrected chi connectivity index (χ2v) is 7.04. The number of aromatic nitrogens is 2. The minimum atomic E-state index is -0.499. The lowest BCUT2D eigenvalue weighted by Crippen LogP contribution is -2.30. The number of anilines is 2. The topological polar surface area (TPSA) is 119 Å². The van der Waals surface area contributed by atoms with E-state index in [0.29, 0.717) is 35.3 Å². The van der Waals surface area contributed by atoms with Gasteiger partial charge in [-0.3, -0.25) is 4.79 Å². The molecular weight excluding hydrogens is 304 g/mol. The second kappa shape index (κ2) is 7.79. The van der Waals surface area contributed by atoms with Crippen LogP contribution in [0.1, 0.15) is 61.7 Å². The molecule has 0 bridgehead atoms. The van der Waals surface area contributed by atoms with Crippen LogP contribution in [0.3, 0.4) is 0 Å². The summed E-state index contributed by atoms with van der Waals surface area (Å²) in [6, 6.07) is 0.734. The van der Waals surface area contributed by atoms with Crippen LogP contribution in [-0.2, 0) is 0 Å². The highest BCUT2D eigenvalue weighted by Crippen LogP contribution is 2.27. The van der Waals surface area contributed by atoms with Crippen molar-refractivity contribution in [3.05, 3.63) is 11.8 Å². The zero-order valence-corrected chi connectivity index (χ0v) is 14.1. The summed E-state index contributed by atoms with van der Waals surface area (Å²) in [5.41, 5.74) is 11.6. The van der Waals surface area contributed by atoms with Crippen molar-refractivity contribution < 1.29 is 4.79 Å². The molecule has 2 saturated carbocycles. The average molecular weight is 332 g/mol. The van der Waals surface area contributed by atoms with E-state index in [0.717, 1.165) is 45.1 Å². The van der Waals surface area contributed by atoms with Gasteiger partial charge in [-0.1, -0.05) is 12.8 Å². The van der Waals surface area contributed by atoms with Crippen LogP contribution in [0.15, 0.2) is 6.20 Å². The van der Waals surface area contributed by atoms with Gasteiger partial charge in [0.2, 0.25) is 5.95 Å². The SMILES string of the molecule is NC[C@H]1CC[C@@H](Nc2nc(NC3CCCC3)ncc2C(N)=O)CC1. The number of carbonyl (C=O) groups is 1. The summed E-state index contributed by atoms with van der Waals surface area (Å²) in [6.45, 7) is 0.752. The van der Waals surface area contributed by atoms with E-state index >= 15 is 0 Å². The number of primary amides is 1. The van der Waals surface area contributed by atoms with Crippen molar-refractivity contribution in [2.75, 3.05) is 17.2 Å². The monoisotopic (exact) mass is 332 g/mol. The summed E-state index contributed by atoms with van der Waals surface area (Å²) in [6.07, 6.45) is 10.6. The van der Waals surface area contributed by atoms with Crippen LogP contribution in [0.4, 0.5) is 11.8 Å². The van der Waals surface area contributed by atoms with Gasteiger partial charge in [0.05, 0.1) is 5.56 Å². The van der Waals surface area contributed by atoms with Gasteiger partial charge >= 0.3 is 0 Å². The van der Waals surface area contributed by atoms with E-state index in [1.165, 1.54) is 19.0 Å². The Labute approximate surface area is 143 Å². The van der Waals surface area contributed by atoms with Crippen LogP contribution < -0.4 is 22.1 Å². The molecule has 24 heavy (non-hydrogen) atoms. The Morgan fingerprint density at radius 3 is 2.38 bits per heavy atom. The van der Waals surface area contributed by atoms with E-state index in [-0.39, 0.29) is 0 Å². The third-order valence-corrected chi connectivity index (χ3v) is 5.26. The van der Waals surface area contributed by atoms with Crippen molar-refractivity contribution in [3.8, 4) is 0 Å². The number of amides is 1. The van der Waals surface area contributed by atoms with Crippen molar-refractivity contribution in [2.45, 2.75) is 63.5 Å². The molecular formula is C17H28N6O. The normalized spacial score (nSPS) is 24.7. The van der Waals surface area contributed by atoms with Crippen molar-refractivity contribution >= 4 is 17.7 Å². The van der Waals surface area contributed by atoms with Crippen LogP contribution in [0.5, 0.6) is 0 Å². The molecule has 7 heteroatoms. The molecule has 132 valence electrons. The lowest BCUT2D eigenvalue weighted by Gasteiger charge is -2.29. The van der Waals surface area contributed by atoms with Crippen molar-refractivity contribution in [1.82, 2.24) is 9.97 Å². The number of nitrogens with one attached hydrogen (secondary N) is 2. The fourth-order valence-electron chi connectivity index (χ4n) is 3.73. The standard InChI is InChI=1S/C17H28N6O/c18-9-11-5-7-13(8-6-11)21-16-14(15(19)24)10-20-17(23-16)22-12-3-1-2-4-12/h10-13H,1-9,18H2,(H2,19,24)(H2,20,21,22,23)/t11-,13+. The highest BCUT2D eigenvalue weighted by atomic mass is 16.1. The Morgan fingerprint density at radius 2 is 1.75 bits per heavy atom. The zero-order chi connectivity index (χ0) is 16.9. The Balaban J connectivity index is 1.70. The fraction of sp³-hybridized carbons (Fsp3) is 0.706. The van der Waals surface area contributed by atoms with Gasteiger partial charge in [-0.2, -0.15) is 4.98 Å². The van der Waals surface area contributed by atoms with E-state index in [4.69, 9.17) is 11.5 Å². The summed E-state index contributed by atoms with van der Waals surface area (Å²) in [5, 5.41) is 6.78. The third kappa shape index (κ3) is 4.14. The summed E-state index contributed by atoms with van der Waals surface area (Å²) < 4.78 is 0. The van der Waals surface area contributed by atoms with Crippen LogP contribution in [-0.4, -0.2) is 34.5 Å². The first-order valence-electron chi connectivity index (χ1n) is 9.05. The summed E-state index contributed by atoms with van der Waals surface area (Å²) in [4.78, 5) is 20.5. The minimum absolute atomic E-state index is 0.306. The molecule has 0 unspecified atom stereocenters. The van der Waals surface area contributed by atoms with Gasteiger partial charge in [-0.25, -0.2) is 4.98 Å². The lowest BCUT2D eigenvalue weighted by molar-refractivity contribution is 0.100. The summed E-state index contributed by atoms with van der Waals surface area (Å²) in [5.74, 6) is 1.24. The molecule has 7 nitrogen and oxygen atoms in total. The number of nitrogens with two attached hydrogens (primary N) is 2. The maximum Gasteiger partial charge on any atom is 0.254 e. The number of hydrogen-bond donors (Lipinski definition) is 4. The molecule has 3 rings (SSSR count). The first-order valence-corrected chi connectivity index (χ1v) is 9.05.